The van der Waals surface area contributed by atoms with E-state index in [4.69, 9.17) is 9.84 Å². The first kappa shape index (κ1) is 13.5. The van der Waals surface area contributed by atoms with E-state index in [9.17, 15) is 4.79 Å². The zero-order valence-corrected chi connectivity index (χ0v) is 10.3. The minimum atomic E-state index is 0.0305. The Balaban J connectivity index is 2.98. The molecule has 1 N–H and O–H groups in total. The van der Waals surface area contributed by atoms with Crippen molar-refractivity contribution in [1.29, 1.82) is 0 Å². The number of hydrogen-bond acceptors (Lipinski definition) is 3. The van der Waals surface area contributed by atoms with Gasteiger partial charge in [0.2, 0.25) is 5.91 Å². The molecule has 0 bridgehead atoms. The van der Waals surface area contributed by atoms with Crippen LogP contribution in [0.4, 0.5) is 5.69 Å². The van der Waals surface area contributed by atoms with Gasteiger partial charge in [0.25, 0.3) is 0 Å². The van der Waals surface area contributed by atoms with Crippen molar-refractivity contribution in [2.24, 2.45) is 0 Å². The Labute approximate surface area is 102 Å². The smallest absolute Gasteiger partial charge is 0.226 e. The topological polar surface area (TPSA) is 49.8 Å². The van der Waals surface area contributed by atoms with E-state index in [0.29, 0.717) is 25.1 Å². The molecule has 4 heteroatoms. The van der Waals surface area contributed by atoms with Gasteiger partial charge in [-0.25, -0.2) is 0 Å². The fourth-order valence-corrected chi connectivity index (χ4v) is 1.65. The normalized spacial score (nSPS) is 10.1. The van der Waals surface area contributed by atoms with Crippen molar-refractivity contribution in [3.63, 3.8) is 0 Å². The Kier molecular flexibility index (Phi) is 5.49. The lowest BCUT2D eigenvalue weighted by molar-refractivity contribution is -0.118. The molecule has 0 fully saturated rings. The molecule has 4 nitrogen and oxygen atoms in total. The van der Waals surface area contributed by atoms with Gasteiger partial charge in [-0.2, -0.15) is 0 Å². The van der Waals surface area contributed by atoms with E-state index in [1.807, 2.05) is 31.2 Å². The van der Waals surface area contributed by atoms with Crippen LogP contribution in [-0.2, 0) is 4.79 Å². The summed E-state index contributed by atoms with van der Waals surface area (Å²) in [5, 5.41) is 8.87. The first-order valence-corrected chi connectivity index (χ1v) is 5.78. The highest BCUT2D eigenvalue weighted by atomic mass is 16.5. The van der Waals surface area contributed by atoms with Crippen molar-refractivity contribution in [2.45, 2.75) is 19.8 Å². The number of ether oxygens (including phenoxy) is 1. The van der Waals surface area contributed by atoms with Crippen LogP contribution in [0.1, 0.15) is 19.8 Å². The van der Waals surface area contributed by atoms with Crippen LogP contribution >= 0.6 is 0 Å². The standard InChI is InChI=1S/C13H19NO3/c1-3-13(16)14(9-6-10-15)11-7-4-5-8-12(11)17-2/h4-5,7-8,15H,3,6,9-10H2,1-2H3. The molecule has 0 atom stereocenters. The number of aliphatic hydroxyl groups excluding tert-OH is 1. The summed E-state index contributed by atoms with van der Waals surface area (Å²) in [6.45, 7) is 2.40. The maximum absolute atomic E-state index is 11.9. The molecule has 0 aliphatic carbocycles. The van der Waals surface area contributed by atoms with E-state index in [2.05, 4.69) is 0 Å². The second-order valence-electron chi connectivity index (χ2n) is 3.65. The highest BCUT2D eigenvalue weighted by Crippen LogP contribution is 2.28. The molecule has 1 rings (SSSR count). The number of carbonyl (C=O) groups is 1. The Morgan fingerprint density at radius 1 is 1.41 bits per heavy atom. The van der Waals surface area contributed by atoms with Crippen molar-refractivity contribution in [3.05, 3.63) is 24.3 Å². The van der Waals surface area contributed by atoms with Crippen LogP contribution < -0.4 is 9.64 Å². The van der Waals surface area contributed by atoms with Gasteiger partial charge in [-0.3, -0.25) is 4.79 Å². The molecule has 0 unspecified atom stereocenters. The first-order chi connectivity index (χ1) is 8.24. The Hall–Kier alpha value is -1.55. The van der Waals surface area contributed by atoms with Crippen molar-refractivity contribution in [3.8, 4) is 5.75 Å². The van der Waals surface area contributed by atoms with Crippen molar-refractivity contribution in [1.82, 2.24) is 0 Å². The molecule has 0 radical (unpaired) electrons. The lowest BCUT2D eigenvalue weighted by Crippen LogP contribution is -2.32. The van der Waals surface area contributed by atoms with Crippen molar-refractivity contribution >= 4 is 11.6 Å². The van der Waals surface area contributed by atoms with Gasteiger partial charge < -0.3 is 14.7 Å². The van der Waals surface area contributed by atoms with E-state index in [0.717, 1.165) is 5.69 Å². The summed E-state index contributed by atoms with van der Waals surface area (Å²) in [6, 6.07) is 7.41. The maximum atomic E-state index is 11.9. The minimum absolute atomic E-state index is 0.0305. The number of benzene rings is 1. The average Bonchev–Trinajstić information content (AvgIpc) is 2.39. The monoisotopic (exact) mass is 237 g/mol. The third-order valence-corrected chi connectivity index (χ3v) is 2.52. The molecule has 0 aliphatic rings. The Bertz CT molecular complexity index is 365. The van der Waals surface area contributed by atoms with Gasteiger partial charge in [-0.15, -0.1) is 0 Å². The molecule has 1 aromatic rings. The summed E-state index contributed by atoms with van der Waals surface area (Å²) in [7, 11) is 1.58. The van der Waals surface area contributed by atoms with E-state index in [1.54, 1.807) is 12.0 Å². The third-order valence-electron chi connectivity index (χ3n) is 2.52. The second-order valence-corrected chi connectivity index (χ2v) is 3.65. The SMILES string of the molecule is CCC(=O)N(CCCO)c1ccccc1OC. The van der Waals surface area contributed by atoms with Crippen LogP contribution in [0.25, 0.3) is 0 Å². The summed E-state index contributed by atoms with van der Waals surface area (Å²) in [6.07, 6.45) is 0.993. The lowest BCUT2D eigenvalue weighted by atomic mass is 10.2. The van der Waals surface area contributed by atoms with Crippen LogP contribution in [0, 0.1) is 0 Å². The van der Waals surface area contributed by atoms with Gasteiger partial charge in [-0.05, 0) is 18.6 Å². The van der Waals surface area contributed by atoms with Gasteiger partial charge in [0, 0.05) is 19.6 Å². The van der Waals surface area contributed by atoms with Crippen LogP contribution in [0.15, 0.2) is 24.3 Å². The molecule has 0 saturated carbocycles. The molecule has 0 spiro atoms. The summed E-state index contributed by atoms with van der Waals surface area (Å²) >= 11 is 0. The number of methoxy groups -OCH3 is 1. The fourth-order valence-electron chi connectivity index (χ4n) is 1.65. The minimum Gasteiger partial charge on any atom is -0.495 e. The lowest BCUT2D eigenvalue weighted by Gasteiger charge is -2.23. The Morgan fingerprint density at radius 3 is 2.71 bits per heavy atom. The van der Waals surface area contributed by atoms with Crippen LogP contribution in [0.2, 0.25) is 0 Å². The summed E-state index contributed by atoms with van der Waals surface area (Å²) < 4.78 is 5.24. The molecular formula is C13H19NO3. The van der Waals surface area contributed by atoms with Crippen LogP contribution in [0.3, 0.4) is 0 Å². The average molecular weight is 237 g/mol. The zero-order chi connectivity index (χ0) is 12.7. The number of rotatable bonds is 6. The summed E-state index contributed by atoms with van der Waals surface area (Å²) in [5.74, 6) is 0.704. The number of anilines is 1. The summed E-state index contributed by atoms with van der Waals surface area (Å²) in [5.41, 5.74) is 0.760. The fraction of sp³-hybridized carbons (Fsp3) is 0.462. The molecule has 17 heavy (non-hydrogen) atoms. The van der Waals surface area contributed by atoms with Crippen molar-refractivity contribution < 1.29 is 14.6 Å². The van der Waals surface area contributed by atoms with Crippen LogP contribution in [-0.4, -0.2) is 31.3 Å². The highest BCUT2D eigenvalue weighted by Gasteiger charge is 2.16. The van der Waals surface area contributed by atoms with Gasteiger partial charge in [0.1, 0.15) is 5.75 Å². The molecule has 1 aromatic carbocycles. The van der Waals surface area contributed by atoms with E-state index >= 15 is 0 Å². The predicted molar refractivity (Wildman–Crippen MR) is 67.3 cm³/mol. The summed E-state index contributed by atoms with van der Waals surface area (Å²) in [4.78, 5) is 13.5. The molecular weight excluding hydrogens is 218 g/mol. The number of nitrogens with zero attached hydrogens (tertiary/aromatic N) is 1. The maximum Gasteiger partial charge on any atom is 0.226 e. The van der Waals surface area contributed by atoms with Crippen molar-refractivity contribution in [2.75, 3.05) is 25.2 Å². The molecule has 0 aromatic heterocycles. The largest absolute Gasteiger partial charge is 0.495 e. The van der Waals surface area contributed by atoms with Gasteiger partial charge in [-0.1, -0.05) is 19.1 Å². The quantitative estimate of drug-likeness (QED) is 0.821. The number of aliphatic hydroxyl groups is 1. The molecule has 0 heterocycles. The van der Waals surface area contributed by atoms with Gasteiger partial charge in [0.15, 0.2) is 0 Å². The first-order valence-electron chi connectivity index (χ1n) is 5.78. The van der Waals surface area contributed by atoms with Crippen LogP contribution in [0.5, 0.6) is 5.75 Å². The molecule has 1 amide bonds. The zero-order valence-electron chi connectivity index (χ0n) is 10.3. The number of carbonyl (C=O) groups excluding carboxylic acids is 1. The Morgan fingerprint density at radius 2 is 2.12 bits per heavy atom. The van der Waals surface area contributed by atoms with E-state index in [1.165, 1.54) is 0 Å². The van der Waals surface area contributed by atoms with E-state index in [-0.39, 0.29) is 12.5 Å². The van der Waals surface area contributed by atoms with Gasteiger partial charge in [0.05, 0.1) is 12.8 Å². The number of hydrogen-bond donors (Lipinski definition) is 1. The van der Waals surface area contributed by atoms with E-state index < -0.39 is 0 Å². The second kappa shape index (κ2) is 6.91. The number of para-hydroxylation sites is 2. The molecule has 0 saturated heterocycles. The molecule has 0 aliphatic heterocycles. The molecule has 94 valence electrons. The predicted octanol–water partition coefficient (Wildman–Crippen LogP) is 1.82. The van der Waals surface area contributed by atoms with Gasteiger partial charge >= 0.3 is 0 Å². The third kappa shape index (κ3) is 3.46. The highest BCUT2D eigenvalue weighted by molar-refractivity contribution is 5.94. The number of amides is 1.